The normalized spacial score (nSPS) is 23.7. The van der Waals surface area contributed by atoms with Crippen molar-refractivity contribution in [2.24, 2.45) is 5.92 Å². The Morgan fingerprint density at radius 2 is 1.92 bits per heavy atom. The average molecular weight is 384 g/mol. The van der Waals surface area contributed by atoms with Crippen LogP contribution in [0.15, 0.2) is 18.2 Å². The van der Waals surface area contributed by atoms with E-state index in [0.717, 1.165) is 31.7 Å². The number of anilines is 1. The summed E-state index contributed by atoms with van der Waals surface area (Å²) in [6, 6.07) is 4.77. The van der Waals surface area contributed by atoms with E-state index in [1.807, 2.05) is 0 Å². The number of nitrogens with zero attached hydrogens (tertiary/aromatic N) is 1. The molecule has 2 bridgehead atoms. The molecular formula is C17H22ClN3O5. The Balaban J connectivity index is 0.00000243. The van der Waals surface area contributed by atoms with E-state index in [9.17, 15) is 19.7 Å². The van der Waals surface area contributed by atoms with Gasteiger partial charge in [0, 0.05) is 36.3 Å². The number of amides is 1. The van der Waals surface area contributed by atoms with E-state index in [4.69, 9.17) is 0 Å². The maximum absolute atomic E-state index is 12.3. The van der Waals surface area contributed by atoms with Crippen molar-refractivity contribution in [1.29, 1.82) is 0 Å². The van der Waals surface area contributed by atoms with Crippen molar-refractivity contribution >= 4 is 35.7 Å². The minimum absolute atomic E-state index is 0. The molecule has 0 aromatic heterocycles. The largest absolute Gasteiger partial charge is 0.465 e. The van der Waals surface area contributed by atoms with E-state index in [-0.39, 0.29) is 35.3 Å². The summed E-state index contributed by atoms with van der Waals surface area (Å²) in [5, 5.41) is 17.2. The highest BCUT2D eigenvalue weighted by molar-refractivity contribution is 5.95. The van der Waals surface area contributed by atoms with Crippen LogP contribution in [0.4, 0.5) is 11.4 Å². The summed E-state index contributed by atoms with van der Waals surface area (Å²) in [7, 11) is 1.20. The van der Waals surface area contributed by atoms with Crippen LogP contribution >= 0.6 is 12.4 Å². The van der Waals surface area contributed by atoms with Crippen molar-refractivity contribution in [3.8, 4) is 0 Å². The van der Waals surface area contributed by atoms with Crippen molar-refractivity contribution < 1.29 is 19.2 Å². The van der Waals surface area contributed by atoms with Gasteiger partial charge in [-0.1, -0.05) is 0 Å². The number of nitrogens with one attached hydrogen (secondary N) is 2. The van der Waals surface area contributed by atoms with Gasteiger partial charge < -0.3 is 15.4 Å². The third-order valence-electron chi connectivity index (χ3n) is 4.88. The van der Waals surface area contributed by atoms with Gasteiger partial charge in [0.15, 0.2) is 0 Å². The first kappa shape index (κ1) is 20.1. The summed E-state index contributed by atoms with van der Waals surface area (Å²) in [5.41, 5.74) is 0.00141. The summed E-state index contributed by atoms with van der Waals surface area (Å²) < 4.78 is 4.60. The molecule has 0 spiro atoms. The Kier molecular flexibility index (Phi) is 6.55. The molecule has 0 radical (unpaired) electrons. The van der Waals surface area contributed by atoms with Crippen molar-refractivity contribution in [2.45, 2.75) is 44.2 Å². The minimum atomic E-state index is -0.686. The van der Waals surface area contributed by atoms with Gasteiger partial charge in [-0.15, -0.1) is 12.4 Å². The van der Waals surface area contributed by atoms with E-state index in [0.29, 0.717) is 24.4 Å². The standard InChI is InChI=1S/C17H21N3O5.ClH/c1-25-17(22)11-7-14(9-15(8-11)20(23)24)19-16(21)6-10-4-12-2-3-13(5-10)18-12;/h7-10,12-13,18H,2-6H2,1H3,(H,19,21);1H. The minimum Gasteiger partial charge on any atom is -0.465 e. The van der Waals surface area contributed by atoms with Crippen LogP contribution < -0.4 is 10.6 Å². The second-order valence-corrected chi connectivity index (χ2v) is 6.74. The van der Waals surface area contributed by atoms with Crippen LogP contribution in [0.1, 0.15) is 42.5 Å². The third-order valence-corrected chi connectivity index (χ3v) is 4.88. The Labute approximate surface area is 157 Å². The zero-order valence-electron chi connectivity index (χ0n) is 14.4. The maximum atomic E-state index is 12.3. The monoisotopic (exact) mass is 383 g/mol. The van der Waals surface area contributed by atoms with Gasteiger partial charge in [-0.2, -0.15) is 0 Å². The molecule has 2 atom stereocenters. The van der Waals surface area contributed by atoms with Gasteiger partial charge >= 0.3 is 5.97 Å². The van der Waals surface area contributed by atoms with Gasteiger partial charge in [0.05, 0.1) is 17.6 Å². The fourth-order valence-corrected chi connectivity index (χ4v) is 3.84. The molecule has 142 valence electrons. The molecule has 8 nitrogen and oxygen atoms in total. The van der Waals surface area contributed by atoms with Crippen LogP contribution in [0.25, 0.3) is 0 Å². The molecule has 0 aliphatic carbocycles. The fourth-order valence-electron chi connectivity index (χ4n) is 3.84. The van der Waals surface area contributed by atoms with E-state index in [2.05, 4.69) is 15.4 Å². The van der Waals surface area contributed by atoms with Crippen molar-refractivity contribution in [3.63, 3.8) is 0 Å². The van der Waals surface area contributed by atoms with E-state index in [1.165, 1.54) is 19.2 Å². The lowest BCUT2D eigenvalue weighted by Gasteiger charge is -2.28. The Hall–Kier alpha value is -2.19. The SMILES string of the molecule is COC(=O)c1cc(NC(=O)CC2CC3CCC(C2)N3)cc([N+](=O)[O-])c1.Cl. The average Bonchev–Trinajstić information content (AvgIpc) is 2.92. The molecule has 2 heterocycles. The molecule has 3 rings (SSSR count). The second-order valence-electron chi connectivity index (χ2n) is 6.74. The summed E-state index contributed by atoms with van der Waals surface area (Å²) in [6.45, 7) is 0. The number of nitro benzene ring substituents is 1. The Morgan fingerprint density at radius 1 is 1.27 bits per heavy atom. The van der Waals surface area contributed by atoms with E-state index >= 15 is 0 Å². The topological polar surface area (TPSA) is 111 Å². The van der Waals surface area contributed by atoms with Gasteiger partial charge in [0.2, 0.25) is 5.91 Å². The molecule has 2 saturated heterocycles. The summed E-state index contributed by atoms with van der Waals surface area (Å²) in [4.78, 5) is 34.4. The predicted octanol–water partition coefficient (Wildman–Crippen LogP) is 2.66. The second kappa shape index (κ2) is 8.46. The number of non-ortho nitro benzene ring substituents is 1. The van der Waals surface area contributed by atoms with Gasteiger partial charge in [0.25, 0.3) is 5.69 Å². The molecule has 1 aromatic rings. The highest BCUT2D eigenvalue weighted by Gasteiger charge is 2.34. The predicted molar refractivity (Wildman–Crippen MR) is 97.6 cm³/mol. The van der Waals surface area contributed by atoms with Crippen LogP contribution in [0.2, 0.25) is 0 Å². The lowest BCUT2D eigenvalue weighted by molar-refractivity contribution is -0.384. The number of piperidine rings is 1. The molecular weight excluding hydrogens is 362 g/mol. The lowest BCUT2D eigenvalue weighted by Crippen LogP contribution is -2.39. The number of benzene rings is 1. The molecule has 1 amide bonds. The van der Waals surface area contributed by atoms with Crippen LogP contribution in [0, 0.1) is 16.0 Å². The molecule has 2 aliphatic rings. The fraction of sp³-hybridized carbons (Fsp3) is 0.529. The van der Waals surface area contributed by atoms with Gasteiger partial charge in [0.1, 0.15) is 0 Å². The number of esters is 1. The number of ether oxygens (including phenoxy) is 1. The zero-order valence-corrected chi connectivity index (χ0v) is 15.2. The van der Waals surface area contributed by atoms with E-state index < -0.39 is 10.9 Å². The zero-order chi connectivity index (χ0) is 18.0. The lowest BCUT2D eigenvalue weighted by atomic mass is 9.89. The van der Waals surface area contributed by atoms with Crippen LogP contribution in [-0.2, 0) is 9.53 Å². The number of methoxy groups -OCH3 is 1. The highest BCUT2D eigenvalue weighted by Crippen LogP contribution is 2.33. The van der Waals surface area contributed by atoms with Gasteiger partial charge in [-0.05, 0) is 37.7 Å². The first-order chi connectivity index (χ1) is 11.9. The third kappa shape index (κ3) is 4.70. The van der Waals surface area contributed by atoms with Crippen LogP contribution in [0.5, 0.6) is 0 Å². The molecule has 2 N–H and O–H groups in total. The first-order valence-corrected chi connectivity index (χ1v) is 8.38. The summed E-state index contributed by atoms with van der Waals surface area (Å²) in [6.07, 6.45) is 4.66. The molecule has 9 heteroatoms. The number of hydrogen-bond acceptors (Lipinski definition) is 6. The maximum Gasteiger partial charge on any atom is 0.338 e. The number of hydrogen-bond donors (Lipinski definition) is 2. The molecule has 26 heavy (non-hydrogen) atoms. The molecule has 2 aliphatic heterocycles. The van der Waals surface area contributed by atoms with Crippen molar-refractivity contribution in [3.05, 3.63) is 33.9 Å². The van der Waals surface area contributed by atoms with Crippen molar-refractivity contribution in [1.82, 2.24) is 5.32 Å². The number of carbonyl (C=O) groups excluding carboxylic acids is 2. The summed E-state index contributed by atoms with van der Waals surface area (Å²) >= 11 is 0. The molecule has 0 saturated carbocycles. The molecule has 1 aromatic carbocycles. The Morgan fingerprint density at radius 3 is 2.50 bits per heavy atom. The summed E-state index contributed by atoms with van der Waals surface area (Å²) in [5.74, 6) is -0.561. The number of carbonyl (C=O) groups is 2. The number of halogens is 1. The highest BCUT2D eigenvalue weighted by atomic mass is 35.5. The smallest absolute Gasteiger partial charge is 0.338 e. The number of nitro groups is 1. The molecule has 2 unspecified atom stereocenters. The van der Waals surface area contributed by atoms with Crippen molar-refractivity contribution in [2.75, 3.05) is 12.4 Å². The van der Waals surface area contributed by atoms with E-state index in [1.54, 1.807) is 0 Å². The molecule has 2 fully saturated rings. The van der Waals surface area contributed by atoms with Crippen LogP contribution in [-0.4, -0.2) is 36.0 Å². The van der Waals surface area contributed by atoms with Gasteiger partial charge in [-0.3, -0.25) is 14.9 Å². The first-order valence-electron chi connectivity index (χ1n) is 8.38. The quantitative estimate of drug-likeness (QED) is 0.459. The van der Waals surface area contributed by atoms with Crippen LogP contribution in [0.3, 0.4) is 0 Å². The van der Waals surface area contributed by atoms with Gasteiger partial charge in [-0.25, -0.2) is 4.79 Å². The Bertz CT molecular complexity index is 700. The number of rotatable bonds is 5. The number of fused-ring (bicyclic) bond motifs is 2.